The van der Waals surface area contributed by atoms with E-state index >= 15 is 0 Å². The highest BCUT2D eigenvalue weighted by Gasteiger charge is 2.19. The molecule has 72 valence electrons. The molecule has 0 fully saturated rings. The molecule has 0 aliphatic rings. The number of halogens is 1. The standard InChI is InChI=1S/C10H14ClNO/c1-6-4-7(10(2,3)12)9(11)8(13)5-6/h4-5,13H,12H2,1-3H3. The molecule has 0 amide bonds. The van der Waals surface area contributed by atoms with Crippen molar-refractivity contribution in [1.29, 1.82) is 0 Å². The molecule has 0 heterocycles. The Hall–Kier alpha value is -0.730. The molecule has 0 saturated heterocycles. The predicted octanol–water partition coefficient (Wildman–Crippen LogP) is 2.55. The summed E-state index contributed by atoms with van der Waals surface area (Å²) >= 11 is 5.92. The molecule has 0 spiro atoms. The summed E-state index contributed by atoms with van der Waals surface area (Å²) in [5.74, 6) is 0.0928. The van der Waals surface area contributed by atoms with Crippen LogP contribution in [0, 0.1) is 6.92 Å². The summed E-state index contributed by atoms with van der Waals surface area (Å²) < 4.78 is 0. The normalized spacial score (nSPS) is 11.8. The number of aromatic hydroxyl groups is 1. The fourth-order valence-electron chi connectivity index (χ4n) is 1.22. The van der Waals surface area contributed by atoms with Crippen LogP contribution in [0.5, 0.6) is 5.75 Å². The van der Waals surface area contributed by atoms with Crippen LogP contribution >= 0.6 is 11.6 Å². The highest BCUT2D eigenvalue weighted by Crippen LogP contribution is 2.33. The summed E-state index contributed by atoms with van der Waals surface area (Å²) in [5, 5.41) is 9.80. The van der Waals surface area contributed by atoms with Crippen molar-refractivity contribution in [2.24, 2.45) is 5.73 Å². The minimum absolute atomic E-state index is 0.0928. The minimum Gasteiger partial charge on any atom is -0.506 e. The molecule has 1 aromatic carbocycles. The average molecular weight is 200 g/mol. The Morgan fingerprint density at radius 1 is 1.38 bits per heavy atom. The fraction of sp³-hybridized carbons (Fsp3) is 0.400. The molecule has 3 N–H and O–H groups in total. The molecule has 0 unspecified atom stereocenters. The summed E-state index contributed by atoms with van der Waals surface area (Å²) in [6.45, 7) is 5.60. The van der Waals surface area contributed by atoms with Crippen LogP contribution in [0.15, 0.2) is 12.1 Å². The maximum atomic E-state index is 9.46. The molecule has 1 aromatic rings. The van der Waals surface area contributed by atoms with Crippen LogP contribution in [0.2, 0.25) is 5.02 Å². The van der Waals surface area contributed by atoms with Crippen LogP contribution in [0.25, 0.3) is 0 Å². The molecule has 3 heteroatoms. The molecule has 0 atom stereocenters. The van der Waals surface area contributed by atoms with Gasteiger partial charge in [-0.05, 0) is 38.0 Å². The zero-order valence-electron chi connectivity index (χ0n) is 8.06. The van der Waals surface area contributed by atoms with Gasteiger partial charge in [-0.15, -0.1) is 0 Å². The molecule has 1 rings (SSSR count). The molecule has 0 saturated carbocycles. The zero-order chi connectivity index (χ0) is 10.2. The van der Waals surface area contributed by atoms with Crippen molar-refractivity contribution in [2.75, 3.05) is 0 Å². The highest BCUT2D eigenvalue weighted by atomic mass is 35.5. The molecule has 0 aliphatic carbocycles. The monoisotopic (exact) mass is 199 g/mol. The van der Waals surface area contributed by atoms with Gasteiger partial charge in [-0.2, -0.15) is 0 Å². The third-order valence-corrected chi connectivity index (χ3v) is 2.29. The van der Waals surface area contributed by atoms with Gasteiger partial charge in [0.1, 0.15) is 5.75 Å². The van der Waals surface area contributed by atoms with Gasteiger partial charge in [0.2, 0.25) is 0 Å². The van der Waals surface area contributed by atoms with E-state index in [1.54, 1.807) is 6.07 Å². The lowest BCUT2D eigenvalue weighted by atomic mass is 9.94. The summed E-state index contributed by atoms with van der Waals surface area (Å²) in [4.78, 5) is 0. The Bertz CT molecular complexity index is 328. The van der Waals surface area contributed by atoms with E-state index in [0.717, 1.165) is 11.1 Å². The van der Waals surface area contributed by atoms with E-state index in [1.807, 2.05) is 26.8 Å². The lowest BCUT2D eigenvalue weighted by Gasteiger charge is -2.21. The molecular weight excluding hydrogens is 186 g/mol. The van der Waals surface area contributed by atoms with Gasteiger partial charge in [0.15, 0.2) is 0 Å². The minimum atomic E-state index is -0.527. The largest absolute Gasteiger partial charge is 0.506 e. The van der Waals surface area contributed by atoms with Crippen molar-refractivity contribution in [3.05, 3.63) is 28.3 Å². The van der Waals surface area contributed by atoms with Crippen LogP contribution in [-0.4, -0.2) is 5.11 Å². The SMILES string of the molecule is Cc1cc(O)c(Cl)c(C(C)(C)N)c1. The van der Waals surface area contributed by atoms with Crippen LogP contribution in [-0.2, 0) is 5.54 Å². The quantitative estimate of drug-likeness (QED) is 0.730. The van der Waals surface area contributed by atoms with Crippen molar-refractivity contribution in [2.45, 2.75) is 26.3 Å². The van der Waals surface area contributed by atoms with Gasteiger partial charge < -0.3 is 10.8 Å². The lowest BCUT2D eigenvalue weighted by Crippen LogP contribution is -2.29. The van der Waals surface area contributed by atoms with Gasteiger partial charge in [-0.1, -0.05) is 17.7 Å². The second-order valence-electron chi connectivity index (χ2n) is 3.87. The van der Waals surface area contributed by atoms with Crippen molar-refractivity contribution in [3.63, 3.8) is 0 Å². The van der Waals surface area contributed by atoms with E-state index < -0.39 is 5.54 Å². The summed E-state index contributed by atoms with van der Waals surface area (Å²) in [6, 6.07) is 3.51. The third kappa shape index (κ3) is 2.14. The van der Waals surface area contributed by atoms with Crippen molar-refractivity contribution in [1.82, 2.24) is 0 Å². The fourth-order valence-corrected chi connectivity index (χ4v) is 1.57. The Kier molecular flexibility index (Phi) is 2.55. The van der Waals surface area contributed by atoms with Gasteiger partial charge in [0.25, 0.3) is 0 Å². The van der Waals surface area contributed by atoms with Crippen LogP contribution < -0.4 is 5.73 Å². The van der Waals surface area contributed by atoms with Crippen LogP contribution in [0.1, 0.15) is 25.0 Å². The number of aryl methyl sites for hydroxylation is 1. The Morgan fingerprint density at radius 3 is 2.38 bits per heavy atom. The van der Waals surface area contributed by atoms with Crippen molar-refractivity contribution < 1.29 is 5.11 Å². The first kappa shape index (κ1) is 10.4. The maximum Gasteiger partial charge on any atom is 0.134 e. The summed E-state index contributed by atoms with van der Waals surface area (Å²) in [7, 11) is 0. The first-order valence-corrected chi connectivity index (χ1v) is 4.48. The molecule has 2 nitrogen and oxygen atoms in total. The third-order valence-electron chi connectivity index (χ3n) is 1.89. The van der Waals surface area contributed by atoms with Gasteiger partial charge in [-0.25, -0.2) is 0 Å². The Balaban J connectivity index is 3.37. The first-order valence-electron chi connectivity index (χ1n) is 4.11. The Morgan fingerprint density at radius 2 is 1.92 bits per heavy atom. The molecule has 0 aromatic heterocycles. The Labute approximate surface area is 83.3 Å². The second-order valence-corrected chi connectivity index (χ2v) is 4.25. The number of phenolic OH excluding ortho intramolecular Hbond substituents is 1. The van der Waals surface area contributed by atoms with Crippen LogP contribution in [0.3, 0.4) is 0 Å². The molecule has 0 bridgehead atoms. The number of benzene rings is 1. The van der Waals surface area contributed by atoms with Gasteiger partial charge in [-0.3, -0.25) is 0 Å². The topological polar surface area (TPSA) is 46.2 Å². The van der Waals surface area contributed by atoms with Gasteiger partial charge in [0.05, 0.1) is 5.02 Å². The van der Waals surface area contributed by atoms with E-state index in [2.05, 4.69) is 0 Å². The average Bonchev–Trinajstić information content (AvgIpc) is 1.94. The smallest absolute Gasteiger partial charge is 0.134 e. The van der Waals surface area contributed by atoms with E-state index in [9.17, 15) is 5.11 Å². The number of rotatable bonds is 1. The number of hydrogen-bond donors (Lipinski definition) is 2. The van der Waals surface area contributed by atoms with Crippen molar-refractivity contribution in [3.8, 4) is 5.75 Å². The van der Waals surface area contributed by atoms with Crippen LogP contribution in [0.4, 0.5) is 0 Å². The lowest BCUT2D eigenvalue weighted by molar-refractivity contribution is 0.469. The van der Waals surface area contributed by atoms with E-state index in [4.69, 9.17) is 17.3 Å². The maximum absolute atomic E-state index is 9.46. The molecule has 13 heavy (non-hydrogen) atoms. The van der Waals surface area contributed by atoms with E-state index in [0.29, 0.717) is 5.02 Å². The number of nitrogens with two attached hydrogens (primary N) is 1. The van der Waals surface area contributed by atoms with Gasteiger partial charge in [0, 0.05) is 5.54 Å². The van der Waals surface area contributed by atoms with E-state index in [1.165, 1.54) is 0 Å². The predicted molar refractivity (Wildman–Crippen MR) is 55.1 cm³/mol. The second kappa shape index (κ2) is 3.20. The molecule has 0 aliphatic heterocycles. The summed E-state index contributed by atoms with van der Waals surface area (Å²) in [5.41, 5.74) is 7.10. The van der Waals surface area contributed by atoms with E-state index in [-0.39, 0.29) is 5.75 Å². The number of hydrogen-bond acceptors (Lipinski definition) is 2. The van der Waals surface area contributed by atoms with Gasteiger partial charge >= 0.3 is 0 Å². The first-order chi connectivity index (χ1) is 5.82. The molecule has 0 radical (unpaired) electrons. The van der Waals surface area contributed by atoms with Crippen molar-refractivity contribution >= 4 is 11.6 Å². The number of phenols is 1. The molecular formula is C10H14ClNO. The highest BCUT2D eigenvalue weighted by molar-refractivity contribution is 6.32. The zero-order valence-corrected chi connectivity index (χ0v) is 8.81. The summed E-state index contributed by atoms with van der Waals surface area (Å²) in [6.07, 6.45) is 0.